The van der Waals surface area contributed by atoms with Crippen molar-refractivity contribution < 1.29 is 96.0 Å². The van der Waals surface area contributed by atoms with Crippen molar-refractivity contribution in [3.05, 3.63) is 105 Å². The number of esters is 2. The van der Waals surface area contributed by atoms with Crippen LogP contribution in [-0.4, -0.2) is 71.8 Å². The van der Waals surface area contributed by atoms with Gasteiger partial charge >= 0.3 is 48.7 Å². The SMILES string of the molecule is CC(C)(C)OC(=O)CCC(=O)O.Cc1cc(C(F)(F)F)c2nc(CN)[nH]c2c1.Cc1cc(C(F)(F)F)c2nc(CNC(=O)OC(C)(C)C)[nH]c2c1.Cc1cc(N)c(N)c(C(F)(F)F)c1.Cc1cc(NC(=O)CCC(=O)OC(C)(C)C)c(N)c(C(F)(F)F)c1.Cl. The van der Waals surface area contributed by atoms with Crippen LogP contribution >= 0.6 is 12.4 Å². The molecule has 0 unspecified atom stereocenters. The van der Waals surface area contributed by atoms with Gasteiger partial charge in [-0.25, -0.2) is 14.8 Å². The second-order valence-corrected chi connectivity index (χ2v) is 22.5. The van der Waals surface area contributed by atoms with Crippen LogP contribution in [0.3, 0.4) is 0 Å². The summed E-state index contributed by atoms with van der Waals surface area (Å²) in [6.45, 7) is 21.7. The number of carboxylic acid groups (broad SMARTS) is 1. The number of aromatic amines is 2. The van der Waals surface area contributed by atoms with Crippen molar-refractivity contribution in [1.29, 1.82) is 0 Å². The third-order valence-electron chi connectivity index (χ3n) is 10.7. The summed E-state index contributed by atoms with van der Waals surface area (Å²) in [5.74, 6) is -2.06. The summed E-state index contributed by atoms with van der Waals surface area (Å²) in [7, 11) is 0. The Bertz CT molecular complexity index is 3410. The third-order valence-corrected chi connectivity index (χ3v) is 10.7. The summed E-state index contributed by atoms with van der Waals surface area (Å²) >= 11 is 0. The number of aryl methyl sites for hydroxylation is 4. The van der Waals surface area contributed by atoms with Crippen molar-refractivity contribution in [2.45, 2.75) is 170 Å². The van der Waals surface area contributed by atoms with Crippen LogP contribution in [0.15, 0.2) is 48.5 Å². The smallest absolute Gasteiger partial charge is 0.418 e. The second kappa shape index (κ2) is 31.3. The summed E-state index contributed by atoms with van der Waals surface area (Å²) in [5.41, 5.74) is 17.1. The predicted octanol–water partition coefficient (Wildman–Crippen LogP) is 13.7. The summed E-state index contributed by atoms with van der Waals surface area (Å²) in [6, 6.07) is 9.97. The quantitative estimate of drug-likeness (QED) is 0.0266. The minimum atomic E-state index is -4.62. The van der Waals surface area contributed by atoms with Crippen molar-refractivity contribution in [1.82, 2.24) is 25.3 Å². The molecule has 0 radical (unpaired) electrons. The van der Waals surface area contributed by atoms with E-state index in [0.29, 0.717) is 33.6 Å². The molecule has 0 fully saturated rings. The first-order valence-electron chi connectivity index (χ1n) is 26.2. The summed E-state index contributed by atoms with van der Waals surface area (Å²) in [4.78, 5) is 69.2. The average Bonchev–Trinajstić information content (AvgIpc) is 3.61. The number of nitrogens with one attached hydrogen (secondary N) is 4. The number of fused-ring (bicyclic) bond motifs is 2. The van der Waals surface area contributed by atoms with Crippen LogP contribution < -0.4 is 33.6 Å². The van der Waals surface area contributed by atoms with E-state index in [2.05, 4.69) is 30.6 Å². The summed E-state index contributed by atoms with van der Waals surface area (Å²) < 4.78 is 168. The van der Waals surface area contributed by atoms with Gasteiger partial charge in [0.05, 0.1) is 88.4 Å². The molecule has 2 amide bonds. The Hall–Kier alpha value is -8.22. The molecule has 6 aromatic rings. The first-order valence-corrected chi connectivity index (χ1v) is 26.2. The van der Waals surface area contributed by atoms with Crippen LogP contribution in [-0.2, 0) is 71.2 Å². The number of anilines is 4. The monoisotopic (exact) mass is 1300 g/mol. The number of aliphatic carboxylic acids is 1. The third kappa shape index (κ3) is 27.8. The molecule has 0 aliphatic heterocycles. The van der Waals surface area contributed by atoms with Crippen molar-refractivity contribution >= 4 is 87.1 Å². The van der Waals surface area contributed by atoms with Gasteiger partial charge < -0.3 is 62.9 Å². The molecule has 19 nitrogen and oxygen atoms in total. The molecule has 496 valence electrons. The van der Waals surface area contributed by atoms with Crippen molar-refractivity contribution in [2.75, 3.05) is 22.5 Å². The standard InChI is InChI=1S/C16H21F3N2O3.C15H18F3N3O2.C10H10F3N3.C8H9F3N2.C8H14O4.ClH/c1-9-7-10(16(17,18)19)14(20)11(8-9)21-12(22)5-6-13(23)24-15(2,3)4;1-8-5-9(15(16,17)18)12-10(6-8)20-11(21-12)7-19-13(22)23-14(2,3)4;1-5-2-6(10(11,12)13)9-7(3-5)15-8(4-14)16-9;1-4-2-5(8(9,10)11)7(13)6(12)3-4;1-8(2,3)12-7(11)5-4-6(9)10;/h7-8H,5-6,20H2,1-4H3,(H,21,22);5-6H,7H2,1-4H3,(H,19,22)(H,20,21);2-3H,4,14H2,1H3,(H,15,16);2-3H,12-13H2,1H3;4-5H2,1-3H3,(H,9,10);1H. The largest absolute Gasteiger partial charge is 0.481 e. The number of amides is 2. The molecule has 4 aromatic carbocycles. The van der Waals surface area contributed by atoms with E-state index in [-0.39, 0.29) is 84.9 Å². The lowest BCUT2D eigenvalue weighted by Gasteiger charge is -2.19. The number of carboxylic acids is 1. The van der Waals surface area contributed by atoms with Gasteiger partial charge in [-0.2, -0.15) is 52.7 Å². The van der Waals surface area contributed by atoms with E-state index in [1.54, 1.807) is 88.3 Å². The molecule has 2 aromatic heterocycles. The lowest BCUT2D eigenvalue weighted by atomic mass is 10.1. The maximum Gasteiger partial charge on any atom is 0.418 e. The van der Waals surface area contributed by atoms with Gasteiger partial charge in [-0.15, -0.1) is 12.4 Å². The molecule has 2 heterocycles. The van der Waals surface area contributed by atoms with Gasteiger partial charge in [0.2, 0.25) is 5.91 Å². The van der Waals surface area contributed by atoms with Crippen LogP contribution in [0.25, 0.3) is 22.1 Å². The fraction of sp³-hybridized carbons (Fsp3) is 0.456. The Morgan fingerprint density at radius 2 is 0.865 bits per heavy atom. The highest BCUT2D eigenvalue weighted by Crippen LogP contribution is 2.40. The number of ether oxygens (including phenoxy) is 3. The highest BCUT2D eigenvalue weighted by molar-refractivity contribution is 5.96. The summed E-state index contributed by atoms with van der Waals surface area (Å²) in [5, 5.41) is 13.0. The number of H-pyrrole nitrogens is 2. The number of carbonyl (C=O) groups excluding carboxylic acids is 4. The van der Waals surface area contributed by atoms with E-state index in [4.69, 9.17) is 42.3 Å². The zero-order valence-corrected chi connectivity index (χ0v) is 51.5. The molecule has 0 aliphatic carbocycles. The van der Waals surface area contributed by atoms with Crippen molar-refractivity contribution in [2.24, 2.45) is 5.73 Å². The molecule has 6 rings (SSSR count). The fourth-order valence-electron chi connectivity index (χ4n) is 7.33. The van der Waals surface area contributed by atoms with Gasteiger partial charge in [-0.05, 0) is 161 Å². The lowest BCUT2D eigenvalue weighted by molar-refractivity contribution is -0.157. The molecular weight excluding hydrogens is 1230 g/mol. The van der Waals surface area contributed by atoms with E-state index >= 15 is 0 Å². The average molecular weight is 1310 g/mol. The molecule has 32 heteroatoms. The van der Waals surface area contributed by atoms with Crippen LogP contribution in [0.4, 0.5) is 80.2 Å². The minimum absolute atomic E-state index is 0. The predicted molar refractivity (Wildman–Crippen MR) is 312 cm³/mol. The van der Waals surface area contributed by atoms with E-state index in [1.807, 2.05) is 0 Å². The van der Waals surface area contributed by atoms with E-state index in [0.717, 1.165) is 24.3 Å². The number of benzene rings is 4. The number of nitrogens with zero attached hydrogens (tertiary/aromatic N) is 2. The Kier molecular flexibility index (Phi) is 27.7. The second-order valence-electron chi connectivity index (χ2n) is 22.5. The number of nitrogens with two attached hydrogens (primary N) is 4. The molecule has 0 saturated carbocycles. The molecule has 0 spiro atoms. The Morgan fingerprint density at radius 3 is 1.26 bits per heavy atom. The number of hydrogen-bond acceptors (Lipinski definition) is 14. The first-order chi connectivity index (χ1) is 39.8. The number of alkyl halides is 12. The first kappa shape index (κ1) is 78.8. The van der Waals surface area contributed by atoms with Gasteiger partial charge in [0.15, 0.2) is 0 Å². The van der Waals surface area contributed by atoms with Gasteiger partial charge in [-0.3, -0.25) is 19.2 Å². The zero-order valence-electron chi connectivity index (χ0n) is 50.7. The topological polar surface area (TPSA) is 319 Å². The Balaban J connectivity index is 0.000000569. The highest BCUT2D eigenvalue weighted by atomic mass is 35.5. The van der Waals surface area contributed by atoms with E-state index in [9.17, 15) is 76.7 Å². The molecule has 0 atom stereocenters. The number of aromatic nitrogens is 4. The number of rotatable bonds is 10. The van der Waals surface area contributed by atoms with Crippen LogP contribution in [0.1, 0.15) is 144 Å². The molecule has 13 N–H and O–H groups in total. The fourth-order valence-corrected chi connectivity index (χ4v) is 7.33. The number of carbonyl (C=O) groups is 5. The van der Waals surface area contributed by atoms with Gasteiger partial charge in [0.25, 0.3) is 0 Å². The van der Waals surface area contributed by atoms with Crippen LogP contribution in [0.2, 0.25) is 0 Å². The summed E-state index contributed by atoms with van der Waals surface area (Å²) in [6.07, 6.45) is -19.2. The lowest BCUT2D eigenvalue weighted by Crippen LogP contribution is -2.32. The minimum Gasteiger partial charge on any atom is -0.481 e. The highest BCUT2D eigenvalue weighted by Gasteiger charge is 2.37. The number of hydrogen-bond donors (Lipinski definition) is 9. The number of nitrogen functional groups attached to an aromatic ring is 3. The molecule has 0 aliphatic rings. The molecule has 0 saturated heterocycles. The molecule has 0 bridgehead atoms. The molecule has 89 heavy (non-hydrogen) atoms. The van der Waals surface area contributed by atoms with Gasteiger partial charge in [-0.1, -0.05) is 0 Å². The maximum absolute atomic E-state index is 13.1. The zero-order chi connectivity index (χ0) is 68.0. The van der Waals surface area contributed by atoms with Crippen molar-refractivity contribution in [3.63, 3.8) is 0 Å². The van der Waals surface area contributed by atoms with E-state index in [1.165, 1.54) is 26.0 Å². The number of halogens is 13. The van der Waals surface area contributed by atoms with Crippen LogP contribution in [0, 0.1) is 27.7 Å². The van der Waals surface area contributed by atoms with Crippen LogP contribution in [0.5, 0.6) is 0 Å². The number of imidazole rings is 2. The molecular formula is C57H73ClF12N10O9. The van der Waals surface area contributed by atoms with E-state index < -0.39 is 105 Å². The normalized spacial score (nSPS) is 11.8. The van der Waals surface area contributed by atoms with Crippen molar-refractivity contribution in [3.8, 4) is 0 Å². The Labute approximate surface area is 510 Å². The van der Waals surface area contributed by atoms with Gasteiger partial charge in [0.1, 0.15) is 39.5 Å². The number of alkyl carbamates (subject to hydrolysis) is 1. The van der Waals surface area contributed by atoms with Gasteiger partial charge in [0, 0.05) is 6.42 Å². The maximum atomic E-state index is 13.1. The Morgan fingerprint density at radius 1 is 0.506 bits per heavy atom.